The molecule has 0 saturated heterocycles. The van der Waals surface area contributed by atoms with Crippen LogP contribution in [0.3, 0.4) is 0 Å². The van der Waals surface area contributed by atoms with E-state index in [2.05, 4.69) is 26.8 Å². The first-order valence-corrected chi connectivity index (χ1v) is 9.35. The summed E-state index contributed by atoms with van der Waals surface area (Å²) in [6.07, 6.45) is 7.83. The van der Waals surface area contributed by atoms with Gasteiger partial charge in [-0.15, -0.1) is 0 Å². The maximum atomic E-state index is 10.7. The zero-order valence-corrected chi connectivity index (χ0v) is 15.2. The van der Waals surface area contributed by atoms with Crippen molar-refractivity contribution in [2.45, 2.75) is 77.9 Å². The van der Waals surface area contributed by atoms with Crippen LogP contribution in [0.2, 0.25) is 0 Å². The molecule has 3 N–H and O–H groups in total. The Balaban J connectivity index is 1.98. The molecule has 6 atom stereocenters. The van der Waals surface area contributed by atoms with Gasteiger partial charge in [0.05, 0.1) is 18.3 Å². The normalized spacial score (nSPS) is 49.6. The molecule has 0 heterocycles. The molecule has 0 aromatic carbocycles. The van der Waals surface area contributed by atoms with Crippen molar-refractivity contribution in [3.05, 3.63) is 11.6 Å². The molecule has 2 saturated carbocycles. The number of hydrogen-bond acceptors (Lipinski definition) is 3. The van der Waals surface area contributed by atoms with Gasteiger partial charge in [-0.05, 0) is 68.1 Å². The van der Waals surface area contributed by atoms with Gasteiger partial charge in [0.25, 0.3) is 0 Å². The van der Waals surface area contributed by atoms with Gasteiger partial charge in [0.1, 0.15) is 0 Å². The fraction of sp³-hybridized carbons (Fsp3) is 0.900. The molecule has 0 spiro atoms. The molecule has 3 nitrogen and oxygen atoms in total. The minimum atomic E-state index is -0.811. The van der Waals surface area contributed by atoms with Gasteiger partial charge < -0.3 is 15.3 Å². The maximum Gasteiger partial charge on any atom is 0.0704 e. The van der Waals surface area contributed by atoms with E-state index in [1.54, 1.807) is 0 Å². The zero-order chi connectivity index (χ0) is 17.0. The molecular weight excluding hydrogens is 288 g/mol. The predicted octanol–water partition coefficient (Wildman–Crippen LogP) is 3.28. The average Bonchev–Trinajstić information content (AvgIpc) is 2.60. The second-order valence-corrected chi connectivity index (χ2v) is 9.45. The Morgan fingerprint density at radius 3 is 2.43 bits per heavy atom. The molecule has 0 unspecified atom stereocenters. The van der Waals surface area contributed by atoms with E-state index in [4.69, 9.17) is 0 Å². The summed E-state index contributed by atoms with van der Waals surface area (Å²) < 4.78 is 0. The topological polar surface area (TPSA) is 60.7 Å². The molecule has 0 bridgehead atoms. The molecule has 132 valence electrons. The first kappa shape index (κ1) is 17.4. The van der Waals surface area contributed by atoms with Crippen LogP contribution in [-0.2, 0) is 0 Å². The summed E-state index contributed by atoms with van der Waals surface area (Å²) in [7, 11) is 0. The van der Waals surface area contributed by atoms with Crippen molar-refractivity contribution >= 4 is 0 Å². The van der Waals surface area contributed by atoms with Gasteiger partial charge in [0.15, 0.2) is 0 Å². The number of hydrogen-bond donors (Lipinski definition) is 3. The van der Waals surface area contributed by atoms with Gasteiger partial charge in [-0.2, -0.15) is 0 Å². The van der Waals surface area contributed by atoms with Gasteiger partial charge in [0, 0.05) is 5.92 Å². The Morgan fingerprint density at radius 2 is 1.78 bits per heavy atom. The Kier molecular flexibility index (Phi) is 4.23. The van der Waals surface area contributed by atoms with Crippen LogP contribution in [0.25, 0.3) is 0 Å². The average molecular weight is 322 g/mol. The van der Waals surface area contributed by atoms with Crippen molar-refractivity contribution in [2.24, 2.45) is 28.6 Å². The summed E-state index contributed by atoms with van der Waals surface area (Å²) in [6.45, 7) is 8.77. The lowest BCUT2D eigenvalue weighted by molar-refractivity contribution is -0.126. The van der Waals surface area contributed by atoms with E-state index in [0.29, 0.717) is 11.8 Å². The number of aliphatic hydroxyl groups is 3. The zero-order valence-electron chi connectivity index (χ0n) is 15.2. The van der Waals surface area contributed by atoms with Crippen molar-refractivity contribution in [3.63, 3.8) is 0 Å². The molecule has 0 aromatic heterocycles. The number of rotatable bonds is 1. The minimum Gasteiger partial charge on any atom is -0.396 e. The summed E-state index contributed by atoms with van der Waals surface area (Å²) in [6, 6.07) is 0. The van der Waals surface area contributed by atoms with E-state index in [9.17, 15) is 15.3 Å². The minimum absolute atomic E-state index is 0.0214. The Bertz CT molecular complexity index is 493. The van der Waals surface area contributed by atoms with E-state index in [1.165, 1.54) is 5.57 Å². The first-order chi connectivity index (χ1) is 10.6. The number of aliphatic hydroxyl groups excluding tert-OH is 2. The van der Waals surface area contributed by atoms with Crippen molar-refractivity contribution < 1.29 is 15.3 Å². The highest BCUT2D eigenvalue weighted by Crippen LogP contribution is 2.62. The third-order valence-corrected chi connectivity index (χ3v) is 7.82. The lowest BCUT2D eigenvalue weighted by atomic mass is 9.46. The van der Waals surface area contributed by atoms with E-state index in [1.807, 2.05) is 6.92 Å². The predicted molar refractivity (Wildman–Crippen MR) is 91.9 cm³/mol. The number of fused-ring (bicyclic) bond motifs is 3. The molecule has 3 rings (SSSR count). The van der Waals surface area contributed by atoms with Crippen molar-refractivity contribution in [2.75, 3.05) is 6.61 Å². The van der Waals surface area contributed by atoms with Gasteiger partial charge in [-0.25, -0.2) is 0 Å². The highest BCUT2D eigenvalue weighted by molar-refractivity contribution is 5.23. The van der Waals surface area contributed by atoms with Crippen LogP contribution in [0.5, 0.6) is 0 Å². The Labute approximate surface area is 140 Å². The van der Waals surface area contributed by atoms with Crippen molar-refractivity contribution in [3.8, 4) is 0 Å². The lowest BCUT2D eigenvalue weighted by Gasteiger charge is -2.59. The summed E-state index contributed by atoms with van der Waals surface area (Å²) >= 11 is 0. The fourth-order valence-electron chi connectivity index (χ4n) is 6.13. The lowest BCUT2D eigenvalue weighted by Crippen LogP contribution is -2.54. The van der Waals surface area contributed by atoms with E-state index < -0.39 is 5.60 Å². The quantitative estimate of drug-likeness (QED) is 0.649. The molecule has 0 amide bonds. The Morgan fingerprint density at radius 1 is 1.09 bits per heavy atom. The second-order valence-electron chi connectivity index (χ2n) is 9.45. The van der Waals surface area contributed by atoms with Crippen LogP contribution in [-0.4, -0.2) is 33.6 Å². The van der Waals surface area contributed by atoms with E-state index in [0.717, 1.165) is 38.5 Å². The van der Waals surface area contributed by atoms with Gasteiger partial charge >= 0.3 is 0 Å². The van der Waals surface area contributed by atoms with Gasteiger partial charge in [0.2, 0.25) is 0 Å². The first-order valence-electron chi connectivity index (χ1n) is 9.35. The summed E-state index contributed by atoms with van der Waals surface area (Å²) in [4.78, 5) is 0. The van der Waals surface area contributed by atoms with Gasteiger partial charge in [-0.1, -0.05) is 32.4 Å². The van der Waals surface area contributed by atoms with Crippen molar-refractivity contribution in [1.82, 2.24) is 0 Å². The molecule has 23 heavy (non-hydrogen) atoms. The van der Waals surface area contributed by atoms with Crippen LogP contribution in [0, 0.1) is 28.6 Å². The molecule has 3 heteroatoms. The summed E-state index contributed by atoms with van der Waals surface area (Å²) in [5.41, 5.74) is 0.804. The van der Waals surface area contributed by atoms with Crippen LogP contribution < -0.4 is 0 Å². The fourth-order valence-corrected chi connectivity index (χ4v) is 6.13. The molecule has 0 aliphatic heterocycles. The van der Waals surface area contributed by atoms with Crippen LogP contribution >= 0.6 is 0 Å². The molecular formula is C20H34O3. The van der Waals surface area contributed by atoms with Crippen LogP contribution in [0.4, 0.5) is 0 Å². The summed E-state index contributed by atoms with van der Waals surface area (Å²) in [5.74, 6) is 0.859. The smallest absolute Gasteiger partial charge is 0.0704 e. The molecule has 0 radical (unpaired) electrons. The van der Waals surface area contributed by atoms with Crippen LogP contribution in [0.15, 0.2) is 11.6 Å². The largest absolute Gasteiger partial charge is 0.396 e. The summed E-state index contributed by atoms with van der Waals surface area (Å²) in [5, 5.41) is 31.0. The highest BCUT2D eigenvalue weighted by Gasteiger charge is 2.56. The Hall–Kier alpha value is -0.380. The van der Waals surface area contributed by atoms with Crippen molar-refractivity contribution in [1.29, 1.82) is 0 Å². The molecule has 3 aliphatic carbocycles. The maximum absolute atomic E-state index is 10.7. The standard InChI is InChI=1S/C20H34O3/c1-18(2)16-6-5-13-11-14(12-21)20(4,23)10-7-15(13)19(16,3)9-8-17(18)22/h11,14-17,21-23H,5-10,12H2,1-4H3/t14-,15-,16-,17-,19+,20+/m1/s1. The molecule has 2 fully saturated rings. The highest BCUT2D eigenvalue weighted by atomic mass is 16.3. The SMILES string of the molecule is CC1(C)[C@H](O)CC[C@@]2(C)[C@@H]3CC[C@](C)(O)[C@@H](CO)C=C3CC[C@H]12. The third-order valence-electron chi connectivity index (χ3n) is 7.82. The van der Waals surface area contributed by atoms with E-state index in [-0.39, 0.29) is 29.5 Å². The van der Waals surface area contributed by atoms with Gasteiger partial charge in [-0.3, -0.25) is 0 Å². The molecule has 0 aromatic rings. The van der Waals surface area contributed by atoms with E-state index >= 15 is 0 Å². The van der Waals surface area contributed by atoms with Crippen LogP contribution in [0.1, 0.15) is 66.2 Å². The monoisotopic (exact) mass is 322 g/mol. The molecule has 3 aliphatic rings. The number of allylic oxidation sites excluding steroid dienone is 1. The second kappa shape index (κ2) is 5.57. The third kappa shape index (κ3) is 2.60.